The van der Waals surface area contributed by atoms with Crippen LogP contribution in [0.1, 0.15) is 10.4 Å². The highest BCUT2D eigenvalue weighted by atomic mass is 32.2. The molecule has 4 rings (SSSR count). The predicted molar refractivity (Wildman–Crippen MR) is 108 cm³/mol. The average Bonchev–Trinajstić information content (AvgIpc) is 3.09. The molecule has 0 spiro atoms. The Morgan fingerprint density at radius 3 is 2.68 bits per heavy atom. The zero-order valence-electron chi connectivity index (χ0n) is 14.8. The molecular formula is C21H15F2N3OS. The molecule has 140 valence electrons. The lowest BCUT2D eigenvalue weighted by Gasteiger charge is -2.08. The standard InChI is InChI=1S/C21H15F2N3OS/c1-28-19-5-3-2-4-14(19)12-6-8-16-18(10-12)25-26-20(16)24-21(27)15-9-7-13(22)11-17(15)23/h2-11H,1H3,(H2,24,25,26,27). The summed E-state index contributed by atoms with van der Waals surface area (Å²) in [6, 6.07) is 16.6. The summed E-state index contributed by atoms with van der Waals surface area (Å²) in [6.45, 7) is 0. The van der Waals surface area contributed by atoms with Gasteiger partial charge in [0.25, 0.3) is 5.91 Å². The normalized spacial score (nSPS) is 11.0. The van der Waals surface area contributed by atoms with Crippen molar-refractivity contribution < 1.29 is 13.6 Å². The zero-order chi connectivity index (χ0) is 19.7. The molecule has 0 radical (unpaired) electrons. The number of amides is 1. The molecular weight excluding hydrogens is 380 g/mol. The molecule has 0 aliphatic rings. The molecule has 1 amide bonds. The van der Waals surface area contributed by atoms with E-state index in [1.54, 1.807) is 11.8 Å². The van der Waals surface area contributed by atoms with Crippen molar-refractivity contribution in [3.63, 3.8) is 0 Å². The Labute approximate surface area is 164 Å². The molecule has 0 atom stereocenters. The van der Waals surface area contributed by atoms with E-state index in [4.69, 9.17) is 0 Å². The SMILES string of the molecule is CSc1ccccc1-c1ccc2c(NC(=O)c3ccc(F)cc3F)n[nH]c2c1. The van der Waals surface area contributed by atoms with Crippen LogP contribution in [0.3, 0.4) is 0 Å². The molecule has 1 heterocycles. The Morgan fingerprint density at radius 2 is 1.89 bits per heavy atom. The lowest BCUT2D eigenvalue weighted by molar-refractivity contribution is 0.102. The predicted octanol–water partition coefficient (Wildman–Crippen LogP) is 5.48. The summed E-state index contributed by atoms with van der Waals surface area (Å²) in [7, 11) is 0. The lowest BCUT2D eigenvalue weighted by Crippen LogP contribution is -2.14. The van der Waals surface area contributed by atoms with Gasteiger partial charge in [0.1, 0.15) is 11.6 Å². The molecule has 1 aromatic heterocycles. The van der Waals surface area contributed by atoms with E-state index in [0.717, 1.165) is 33.7 Å². The van der Waals surface area contributed by atoms with E-state index in [9.17, 15) is 13.6 Å². The number of hydrogen-bond donors (Lipinski definition) is 2. The number of benzene rings is 3. The van der Waals surface area contributed by atoms with E-state index in [2.05, 4.69) is 21.6 Å². The third-order valence-corrected chi connectivity index (χ3v) is 5.18. The number of carbonyl (C=O) groups excluding carboxylic acids is 1. The first-order chi connectivity index (χ1) is 13.6. The van der Waals surface area contributed by atoms with Crippen LogP contribution in [0, 0.1) is 11.6 Å². The molecule has 0 aliphatic carbocycles. The zero-order valence-corrected chi connectivity index (χ0v) is 15.6. The maximum absolute atomic E-state index is 13.8. The molecule has 28 heavy (non-hydrogen) atoms. The van der Waals surface area contributed by atoms with E-state index in [-0.39, 0.29) is 11.4 Å². The van der Waals surface area contributed by atoms with Crippen LogP contribution in [0.15, 0.2) is 65.6 Å². The highest BCUT2D eigenvalue weighted by Crippen LogP contribution is 2.32. The van der Waals surface area contributed by atoms with E-state index in [1.807, 2.05) is 42.7 Å². The number of thioether (sulfide) groups is 1. The summed E-state index contributed by atoms with van der Waals surface area (Å²) in [5.74, 6) is -2.07. The van der Waals surface area contributed by atoms with Crippen molar-refractivity contribution >= 4 is 34.4 Å². The van der Waals surface area contributed by atoms with Crippen LogP contribution in [0.4, 0.5) is 14.6 Å². The summed E-state index contributed by atoms with van der Waals surface area (Å²) in [4.78, 5) is 13.5. The van der Waals surface area contributed by atoms with Crippen LogP contribution in [0.25, 0.3) is 22.0 Å². The molecule has 0 fully saturated rings. The van der Waals surface area contributed by atoms with Crippen molar-refractivity contribution in [3.8, 4) is 11.1 Å². The van der Waals surface area contributed by atoms with Gasteiger partial charge in [-0.3, -0.25) is 9.89 Å². The Bertz CT molecular complexity index is 1190. The number of hydrogen-bond acceptors (Lipinski definition) is 3. The summed E-state index contributed by atoms with van der Waals surface area (Å²) in [5, 5.41) is 10.3. The Balaban J connectivity index is 1.66. The van der Waals surface area contributed by atoms with Crippen LogP contribution in [0.5, 0.6) is 0 Å². The smallest absolute Gasteiger partial charge is 0.259 e. The molecule has 7 heteroatoms. The van der Waals surface area contributed by atoms with Gasteiger partial charge in [-0.2, -0.15) is 5.10 Å². The first-order valence-corrected chi connectivity index (χ1v) is 9.67. The number of fused-ring (bicyclic) bond motifs is 1. The van der Waals surface area contributed by atoms with Gasteiger partial charge in [-0.15, -0.1) is 11.8 Å². The summed E-state index contributed by atoms with van der Waals surface area (Å²) < 4.78 is 26.9. The van der Waals surface area contributed by atoms with Crippen LogP contribution < -0.4 is 5.32 Å². The second kappa shape index (κ2) is 7.44. The average molecular weight is 395 g/mol. The highest BCUT2D eigenvalue weighted by Gasteiger charge is 2.16. The minimum Gasteiger partial charge on any atom is -0.304 e. The third-order valence-electron chi connectivity index (χ3n) is 4.39. The molecule has 0 unspecified atom stereocenters. The Hall–Kier alpha value is -3.19. The number of nitrogens with one attached hydrogen (secondary N) is 2. The molecule has 3 aromatic carbocycles. The molecule has 4 aromatic rings. The van der Waals surface area contributed by atoms with Gasteiger partial charge >= 0.3 is 0 Å². The van der Waals surface area contributed by atoms with Crippen molar-refractivity contribution in [3.05, 3.63) is 77.9 Å². The number of anilines is 1. The quantitative estimate of drug-likeness (QED) is 0.450. The van der Waals surface area contributed by atoms with Gasteiger partial charge in [-0.25, -0.2) is 8.78 Å². The first-order valence-electron chi connectivity index (χ1n) is 8.45. The Morgan fingerprint density at radius 1 is 1.07 bits per heavy atom. The van der Waals surface area contributed by atoms with Crippen molar-refractivity contribution in [1.29, 1.82) is 0 Å². The number of carbonyl (C=O) groups is 1. The highest BCUT2D eigenvalue weighted by molar-refractivity contribution is 7.98. The summed E-state index contributed by atoms with van der Waals surface area (Å²) in [5.41, 5.74) is 2.61. The van der Waals surface area contributed by atoms with Gasteiger partial charge in [0.05, 0.1) is 11.1 Å². The molecule has 0 saturated carbocycles. The number of H-pyrrole nitrogens is 1. The molecule has 0 bridgehead atoms. The second-order valence-electron chi connectivity index (χ2n) is 6.11. The molecule has 4 nitrogen and oxygen atoms in total. The van der Waals surface area contributed by atoms with Gasteiger partial charge in [0, 0.05) is 16.3 Å². The van der Waals surface area contributed by atoms with Crippen LogP contribution >= 0.6 is 11.8 Å². The summed E-state index contributed by atoms with van der Waals surface area (Å²) >= 11 is 1.66. The van der Waals surface area contributed by atoms with E-state index in [0.29, 0.717) is 11.5 Å². The topological polar surface area (TPSA) is 57.8 Å². The molecule has 0 aliphatic heterocycles. The fraction of sp³-hybridized carbons (Fsp3) is 0.0476. The second-order valence-corrected chi connectivity index (χ2v) is 6.96. The first kappa shape index (κ1) is 18.2. The fourth-order valence-corrected chi connectivity index (χ4v) is 3.63. The lowest BCUT2D eigenvalue weighted by atomic mass is 10.0. The van der Waals surface area contributed by atoms with Gasteiger partial charge in [0.15, 0.2) is 5.82 Å². The van der Waals surface area contributed by atoms with Crippen molar-refractivity contribution in [2.45, 2.75) is 4.90 Å². The minimum atomic E-state index is -0.923. The van der Waals surface area contributed by atoms with Gasteiger partial charge in [-0.05, 0) is 47.7 Å². The largest absolute Gasteiger partial charge is 0.304 e. The molecule has 2 N–H and O–H groups in total. The van der Waals surface area contributed by atoms with Gasteiger partial charge in [0.2, 0.25) is 0 Å². The number of halogens is 2. The third kappa shape index (κ3) is 3.36. The van der Waals surface area contributed by atoms with Gasteiger partial charge in [-0.1, -0.05) is 24.3 Å². The van der Waals surface area contributed by atoms with Gasteiger partial charge < -0.3 is 5.32 Å². The summed E-state index contributed by atoms with van der Waals surface area (Å²) in [6.07, 6.45) is 2.02. The number of nitrogens with zero attached hydrogens (tertiary/aromatic N) is 1. The van der Waals surface area contributed by atoms with Crippen molar-refractivity contribution in [1.82, 2.24) is 10.2 Å². The Kier molecular flexibility index (Phi) is 4.83. The van der Waals surface area contributed by atoms with Crippen molar-refractivity contribution in [2.24, 2.45) is 0 Å². The minimum absolute atomic E-state index is 0.247. The van der Waals surface area contributed by atoms with Crippen LogP contribution in [0.2, 0.25) is 0 Å². The van der Waals surface area contributed by atoms with Crippen LogP contribution in [-0.4, -0.2) is 22.4 Å². The monoisotopic (exact) mass is 395 g/mol. The van der Waals surface area contributed by atoms with Crippen molar-refractivity contribution in [2.75, 3.05) is 11.6 Å². The number of aromatic nitrogens is 2. The van der Waals surface area contributed by atoms with E-state index >= 15 is 0 Å². The maximum Gasteiger partial charge on any atom is 0.259 e. The molecule has 0 saturated heterocycles. The van der Waals surface area contributed by atoms with E-state index in [1.165, 1.54) is 0 Å². The van der Waals surface area contributed by atoms with Crippen LogP contribution in [-0.2, 0) is 0 Å². The number of rotatable bonds is 4. The van der Waals surface area contributed by atoms with E-state index < -0.39 is 17.5 Å². The number of aromatic amines is 1. The maximum atomic E-state index is 13.8. The fourth-order valence-electron chi connectivity index (χ4n) is 3.01.